The first kappa shape index (κ1) is 20.6. The van der Waals surface area contributed by atoms with Crippen molar-refractivity contribution in [2.45, 2.75) is 27.7 Å². The Balaban J connectivity index is 2.53. The second-order valence-corrected chi connectivity index (χ2v) is 6.66. The molecule has 0 aliphatic carbocycles. The van der Waals surface area contributed by atoms with Crippen LogP contribution >= 0.6 is 0 Å². The fraction of sp³-hybridized carbons (Fsp3) is 0.429. The molecule has 0 N–H and O–H groups in total. The molecule has 1 aliphatic rings. The summed E-state index contributed by atoms with van der Waals surface area (Å²) in [5.41, 5.74) is 2.01. The lowest BCUT2D eigenvalue weighted by Crippen LogP contribution is -2.28. The number of carbonyl (C=O) groups is 2. The van der Waals surface area contributed by atoms with E-state index in [0.29, 0.717) is 34.9 Å². The van der Waals surface area contributed by atoms with Crippen LogP contribution in [0.4, 0.5) is 0 Å². The van der Waals surface area contributed by atoms with Gasteiger partial charge in [0, 0.05) is 12.2 Å². The molecular formula is C21H27NO5. The van der Waals surface area contributed by atoms with Crippen molar-refractivity contribution in [3.63, 3.8) is 0 Å². The van der Waals surface area contributed by atoms with Crippen molar-refractivity contribution in [2.75, 3.05) is 27.4 Å². The summed E-state index contributed by atoms with van der Waals surface area (Å²) < 4.78 is 15.8. The molecule has 1 aromatic carbocycles. The van der Waals surface area contributed by atoms with Gasteiger partial charge in [-0.25, -0.2) is 4.79 Å². The summed E-state index contributed by atoms with van der Waals surface area (Å²) in [4.78, 5) is 27.2. The van der Waals surface area contributed by atoms with Gasteiger partial charge in [0.05, 0.1) is 32.0 Å². The highest BCUT2D eigenvalue weighted by Crippen LogP contribution is 2.34. The van der Waals surface area contributed by atoms with Crippen LogP contribution in [0, 0.1) is 5.92 Å². The van der Waals surface area contributed by atoms with Gasteiger partial charge in [-0.1, -0.05) is 19.9 Å². The van der Waals surface area contributed by atoms with E-state index in [4.69, 9.17) is 14.2 Å². The summed E-state index contributed by atoms with van der Waals surface area (Å²) in [5, 5.41) is 0. The van der Waals surface area contributed by atoms with Crippen molar-refractivity contribution in [1.82, 2.24) is 4.90 Å². The molecule has 1 heterocycles. The Kier molecular flexibility index (Phi) is 6.66. The molecule has 1 amide bonds. The Morgan fingerprint density at radius 1 is 1.19 bits per heavy atom. The summed E-state index contributed by atoms with van der Waals surface area (Å²) in [7, 11) is 3.11. The number of ether oxygens (including phenoxy) is 3. The molecule has 0 saturated carbocycles. The number of methoxy groups -OCH3 is 2. The van der Waals surface area contributed by atoms with E-state index in [9.17, 15) is 9.59 Å². The summed E-state index contributed by atoms with van der Waals surface area (Å²) >= 11 is 0. The molecule has 27 heavy (non-hydrogen) atoms. The number of rotatable bonds is 7. The number of amides is 1. The predicted octanol–water partition coefficient (Wildman–Crippen LogP) is 3.42. The lowest BCUT2D eigenvalue weighted by atomic mass is 10.0. The summed E-state index contributed by atoms with van der Waals surface area (Å²) in [6.45, 7) is 8.37. The molecule has 1 aliphatic heterocycles. The van der Waals surface area contributed by atoms with Gasteiger partial charge in [0.2, 0.25) is 0 Å². The maximum Gasteiger partial charge on any atom is 0.340 e. The van der Waals surface area contributed by atoms with Crippen LogP contribution < -0.4 is 9.47 Å². The SMILES string of the molecule is CCOC(=O)C1=C(C)N(CC(C)C)C(=O)/C1=C\c1ccc(OC)c(OC)c1. The average molecular weight is 373 g/mol. The molecule has 146 valence electrons. The lowest BCUT2D eigenvalue weighted by Gasteiger charge is -2.20. The predicted molar refractivity (Wildman–Crippen MR) is 103 cm³/mol. The molecule has 1 aromatic rings. The smallest absolute Gasteiger partial charge is 0.340 e. The van der Waals surface area contributed by atoms with E-state index < -0.39 is 5.97 Å². The van der Waals surface area contributed by atoms with Crippen molar-refractivity contribution < 1.29 is 23.8 Å². The Morgan fingerprint density at radius 2 is 1.85 bits per heavy atom. The van der Waals surface area contributed by atoms with Gasteiger partial charge in [0.25, 0.3) is 5.91 Å². The maximum atomic E-state index is 13.0. The third kappa shape index (κ3) is 4.32. The van der Waals surface area contributed by atoms with Crippen molar-refractivity contribution >= 4 is 18.0 Å². The first-order valence-corrected chi connectivity index (χ1v) is 8.97. The van der Waals surface area contributed by atoms with Crippen LogP contribution in [0.5, 0.6) is 11.5 Å². The monoisotopic (exact) mass is 373 g/mol. The average Bonchev–Trinajstić information content (AvgIpc) is 2.85. The Morgan fingerprint density at radius 3 is 2.41 bits per heavy atom. The minimum atomic E-state index is -0.485. The van der Waals surface area contributed by atoms with Gasteiger partial charge >= 0.3 is 5.97 Å². The molecule has 0 aromatic heterocycles. The zero-order chi connectivity index (χ0) is 20.1. The van der Waals surface area contributed by atoms with Gasteiger partial charge in [-0.15, -0.1) is 0 Å². The van der Waals surface area contributed by atoms with Gasteiger partial charge in [-0.3, -0.25) is 4.79 Å². The molecule has 0 radical (unpaired) electrons. The highest BCUT2D eigenvalue weighted by atomic mass is 16.5. The Labute approximate surface area is 160 Å². The van der Waals surface area contributed by atoms with Crippen LogP contribution in [0.15, 0.2) is 35.0 Å². The molecule has 6 heteroatoms. The van der Waals surface area contributed by atoms with Gasteiger partial charge in [-0.2, -0.15) is 0 Å². The molecule has 0 spiro atoms. The van der Waals surface area contributed by atoms with Crippen molar-refractivity contribution in [2.24, 2.45) is 5.92 Å². The largest absolute Gasteiger partial charge is 0.493 e. The molecule has 0 unspecified atom stereocenters. The fourth-order valence-corrected chi connectivity index (χ4v) is 3.02. The second-order valence-electron chi connectivity index (χ2n) is 6.66. The standard InChI is InChI=1S/C21H27NO5/c1-7-27-21(24)19-14(4)22(12-13(2)3)20(23)16(19)10-15-8-9-17(25-5)18(11-15)26-6/h8-11,13H,7,12H2,1-6H3/b16-10-. The van der Waals surface area contributed by atoms with Crippen LogP contribution in [0.1, 0.15) is 33.3 Å². The highest BCUT2D eigenvalue weighted by Gasteiger charge is 2.37. The number of hydrogen-bond donors (Lipinski definition) is 0. The third-order valence-corrected chi connectivity index (χ3v) is 4.26. The molecular weight excluding hydrogens is 346 g/mol. The second kappa shape index (κ2) is 8.75. The Bertz CT molecular complexity index is 792. The quantitative estimate of drug-likeness (QED) is 0.541. The van der Waals surface area contributed by atoms with Gasteiger partial charge < -0.3 is 19.1 Å². The summed E-state index contributed by atoms with van der Waals surface area (Å²) in [5.74, 6) is 0.735. The maximum absolute atomic E-state index is 13.0. The number of nitrogens with zero attached hydrogens (tertiary/aromatic N) is 1. The molecule has 0 bridgehead atoms. The van der Waals surface area contributed by atoms with Crippen LogP contribution in [0.3, 0.4) is 0 Å². The van der Waals surface area contributed by atoms with Crippen molar-refractivity contribution in [3.8, 4) is 11.5 Å². The van der Waals surface area contributed by atoms with E-state index in [0.717, 1.165) is 5.56 Å². The van der Waals surface area contributed by atoms with Gasteiger partial charge in [0.15, 0.2) is 11.5 Å². The van der Waals surface area contributed by atoms with Gasteiger partial charge in [0.1, 0.15) is 0 Å². The van der Waals surface area contributed by atoms with Gasteiger partial charge in [-0.05, 0) is 43.5 Å². The van der Waals surface area contributed by atoms with E-state index in [1.807, 2.05) is 19.9 Å². The minimum absolute atomic E-state index is 0.195. The summed E-state index contributed by atoms with van der Waals surface area (Å²) in [6.07, 6.45) is 1.69. The fourth-order valence-electron chi connectivity index (χ4n) is 3.02. The summed E-state index contributed by atoms with van der Waals surface area (Å²) in [6, 6.07) is 5.34. The van der Waals surface area contributed by atoms with Crippen LogP contribution in [-0.4, -0.2) is 44.1 Å². The van der Waals surface area contributed by atoms with Crippen LogP contribution in [0.2, 0.25) is 0 Å². The Hall–Kier alpha value is -2.76. The molecule has 6 nitrogen and oxygen atoms in total. The molecule has 0 saturated heterocycles. The number of esters is 1. The van der Waals surface area contributed by atoms with E-state index in [1.54, 1.807) is 51.2 Å². The van der Waals surface area contributed by atoms with E-state index in [2.05, 4.69) is 0 Å². The topological polar surface area (TPSA) is 65.1 Å². The zero-order valence-electron chi connectivity index (χ0n) is 16.8. The number of benzene rings is 1. The van der Waals surface area contributed by atoms with Crippen molar-refractivity contribution in [3.05, 3.63) is 40.6 Å². The number of carbonyl (C=O) groups excluding carboxylic acids is 2. The minimum Gasteiger partial charge on any atom is -0.493 e. The third-order valence-electron chi connectivity index (χ3n) is 4.26. The van der Waals surface area contributed by atoms with Crippen molar-refractivity contribution in [1.29, 1.82) is 0 Å². The van der Waals surface area contributed by atoms with E-state index >= 15 is 0 Å². The highest BCUT2D eigenvalue weighted by molar-refractivity contribution is 6.16. The van der Waals surface area contributed by atoms with Crippen LogP contribution in [-0.2, 0) is 14.3 Å². The molecule has 0 fully saturated rings. The normalized spacial score (nSPS) is 15.7. The zero-order valence-corrected chi connectivity index (χ0v) is 16.8. The first-order chi connectivity index (χ1) is 12.8. The van der Waals surface area contributed by atoms with E-state index in [1.165, 1.54) is 0 Å². The molecule has 2 rings (SSSR count). The number of allylic oxidation sites excluding steroid dienone is 1. The van der Waals surface area contributed by atoms with E-state index in [-0.39, 0.29) is 18.4 Å². The first-order valence-electron chi connectivity index (χ1n) is 8.97. The molecule has 0 atom stereocenters. The van der Waals surface area contributed by atoms with Crippen LogP contribution in [0.25, 0.3) is 6.08 Å². The lowest BCUT2D eigenvalue weighted by molar-refractivity contribution is -0.138. The number of hydrogen-bond acceptors (Lipinski definition) is 5.